The van der Waals surface area contributed by atoms with Gasteiger partial charge in [0.25, 0.3) is 0 Å². The van der Waals surface area contributed by atoms with Crippen LogP contribution in [0.25, 0.3) is 0 Å². The van der Waals surface area contributed by atoms with Gasteiger partial charge in [-0.1, -0.05) is 37.3 Å². The summed E-state index contributed by atoms with van der Waals surface area (Å²) in [6.07, 6.45) is 1.55. The molecule has 0 saturated carbocycles. The van der Waals surface area contributed by atoms with Gasteiger partial charge in [0.15, 0.2) is 0 Å². The highest BCUT2D eigenvalue weighted by Crippen LogP contribution is 2.10. The van der Waals surface area contributed by atoms with E-state index in [9.17, 15) is 9.59 Å². The van der Waals surface area contributed by atoms with Crippen molar-refractivity contribution in [2.45, 2.75) is 32.8 Å². The van der Waals surface area contributed by atoms with E-state index in [1.54, 1.807) is 0 Å². The predicted octanol–water partition coefficient (Wildman–Crippen LogP) is 2.73. The average molecular weight is 308 g/mol. The van der Waals surface area contributed by atoms with Crippen molar-refractivity contribution in [3.8, 4) is 0 Å². The molecule has 0 fully saturated rings. The van der Waals surface area contributed by atoms with Crippen LogP contribution in [0.1, 0.15) is 31.7 Å². The maximum atomic E-state index is 12.1. The summed E-state index contributed by atoms with van der Waals surface area (Å²) < 4.78 is 15.4. The normalized spacial score (nSPS) is 11.7. The van der Waals surface area contributed by atoms with Gasteiger partial charge in [-0.3, -0.25) is 9.59 Å². The van der Waals surface area contributed by atoms with Gasteiger partial charge in [-0.15, -0.1) is 0 Å². The molecule has 0 N–H and O–H groups in total. The topological polar surface area (TPSA) is 61.8 Å². The second-order valence-corrected chi connectivity index (χ2v) is 5.00. The van der Waals surface area contributed by atoms with Crippen molar-refractivity contribution in [3.63, 3.8) is 0 Å². The molecule has 0 aromatic heterocycles. The van der Waals surface area contributed by atoms with E-state index < -0.39 is 5.92 Å². The molecule has 22 heavy (non-hydrogen) atoms. The molecule has 0 amide bonds. The standard InChI is InChI=1S/C17H24O5/c1-3-7-16(18)21-11-10-15(13-20-2)17(19)22-12-14-8-5-4-6-9-14/h4-6,8-9,15H,3,7,10-13H2,1-2H3. The van der Waals surface area contributed by atoms with E-state index in [0.29, 0.717) is 12.8 Å². The van der Waals surface area contributed by atoms with E-state index in [1.165, 1.54) is 7.11 Å². The smallest absolute Gasteiger partial charge is 0.311 e. The predicted molar refractivity (Wildman–Crippen MR) is 82.1 cm³/mol. The van der Waals surface area contributed by atoms with Crippen LogP contribution >= 0.6 is 0 Å². The lowest BCUT2D eigenvalue weighted by Gasteiger charge is -2.15. The summed E-state index contributed by atoms with van der Waals surface area (Å²) >= 11 is 0. The summed E-state index contributed by atoms with van der Waals surface area (Å²) in [5, 5.41) is 0. The summed E-state index contributed by atoms with van der Waals surface area (Å²) in [6, 6.07) is 9.48. The Labute approximate surface area is 131 Å². The van der Waals surface area contributed by atoms with Gasteiger partial charge in [0.2, 0.25) is 0 Å². The van der Waals surface area contributed by atoms with Crippen LogP contribution in [-0.4, -0.2) is 32.3 Å². The Hall–Kier alpha value is -1.88. The minimum Gasteiger partial charge on any atom is -0.466 e. The number of benzene rings is 1. The fraction of sp³-hybridized carbons (Fsp3) is 0.529. The SMILES string of the molecule is CCCC(=O)OCCC(COC)C(=O)OCc1ccccc1. The number of methoxy groups -OCH3 is 1. The monoisotopic (exact) mass is 308 g/mol. The number of hydrogen-bond donors (Lipinski definition) is 0. The average Bonchev–Trinajstić information content (AvgIpc) is 2.53. The third-order valence-electron chi connectivity index (χ3n) is 3.11. The van der Waals surface area contributed by atoms with Crippen LogP contribution in [0.3, 0.4) is 0 Å². The van der Waals surface area contributed by atoms with Gasteiger partial charge >= 0.3 is 11.9 Å². The minimum absolute atomic E-state index is 0.202. The van der Waals surface area contributed by atoms with Crippen LogP contribution in [0.5, 0.6) is 0 Å². The van der Waals surface area contributed by atoms with Crippen molar-refractivity contribution < 1.29 is 23.8 Å². The lowest BCUT2D eigenvalue weighted by Crippen LogP contribution is -2.24. The molecule has 0 aliphatic carbocycles. The van der Waals surface area contributed by atoms with Gasteiger partial charge in [-0.2, -0.15) is 0 Å². The third-order valence-corrected chi connectivity index (χ3v) is 3.11. The molecule has 0 aliphatic heterocycles. The van der Waals surface area contributed by atoms with Crippen LogP contribution in [0.2, 0.25) is 0 Å². The summed E-state index contributed by atoms with van der Waals surface area (Å²) in [6.45, 7) is 2.59. The molecule has 0 saturated heterocycles. The Balaban J connectivity index is 2.37. The molecule has 0 spiro atoms. The first-order valence-corrected chi connectivity index (χ1v) is 7.52. The number of ether oxygens (including phenoxy) is 3. The van der Waals surface area contributed by atoms with Crippen LogP contribution in [0.4, 0.5) is 0 Å². The number of rotatable bonds is 10. The van der Waals surface area contributed by atoms with Gasteiger partial charge in [0.1, 0.15) is 6.61 Å². The van der Waals surface area contributed by atoms with E-state index in [-0.39, 0.29) is 31.8 Å². The highest BCUT2D eigenvalue weighted by atomic mass is 16.5. The molecule has 0 aliphatic rings. The van der Waals surface area contributed by atoms with Crippen molar-refractivity contribution >= 4 is 11.9 Å². The van der Waals surface area contributed by atoms with Crippen molar-refractivity contribution in [2.75, 3.05) is 20.3 Å². The molecule has 1 aromatic rings. The summed E-state index contributed by atoms with van der Waals surface area (Å²) in [5.74, 6) is -1.00. The van der Waals surface area contributed by atoms with Gasteiger partial charge in [0, 0.05) is 13.5 Å². The van der Waals surface area contributed by atoms with Gasteiger partial charge < -0.3 is 14.2 Å². The minimum atomic E-state index is -0.428. The lowest BCUT2D eigenvalue weighted by atomic mass is 10.1. The third kappa shape index (κ3) is 7.22. The van der Waals surface area contributed by atoms with E-state index >= 15 is 0 Å². The van der Waals surface area contributed by atoms with Crippen molar-refractivity contribution in [1.29, 1.82) is 0 Å². The number of carbonyl (C=O) groups excluding carboxylic acids is 2. The first-order chi connectivity index (χ1) is 10.7. The molecule has 0 radical (unpaired) electrons. The zero-order valence-corrected chi connectivity index (χ0v) is 13.2. The molecule has 0 heterocycles. The molecule has 122 valence electrons. The van der Waals surface area contributed by atoms with Gasteiger partial charge in [-0.25, -0.2) is 0 Å². The van der Waals surface area contributed by atoms with Crippen LogP contribution in [0.15, 0.2) is 30.3 Å². The van der Waals surface area contributed by atoms with E-state index in [0.717, 1.165) is 12.0 Å². The molecular weight excluding hydrogens is 284 g/mol. The maximum absolute atomic E-state index is 12.1. The largest absolute Gasteiger partial charge is 0.466 e. The highest BCUT2D eigenvalue weighted by molar-refractivity contribution is 5.72. The molecule has 5 nitrogen and oxygen atoms in total. The Bertz CT molecular complexity index is 444. The number of hydrogen-bond acceptors (Lipinski definition) is 5. The van der Waals surface area contributed by atoms with Crippen molar-refractivity contribution in [3.05, 3.63) is 35.9 Å². The van der Waals surface area contributed by atoms with Crippen molar-refractivity contribution in [1.82, 2.24) is 0 Å². The summed E-state index contributed by atoms with van der Waals surface area (Å²) in [4.78, 5) is 23.4. The summed E-state index contributed by atoms with van der Waals surface area (Å²) in [5.41, 5.74) is 0.932. The highest BCUT2D eigenvalue weighted by Gasteiger charge is 2.20. The maximum Gasteiger partial charge on any atom is 0.311 e. The van der Waals surface area contributed by atoms with Crippen LogP contribution in [-0.2, 0) is 30.4 Å². The molecule has 1 rings (SSSR count). The van der Waals surface area contributed by atoms with E-state index in [1.807, 2.05) is 37.3 Å². The van der Waals surface area contributed by atoms with Crippen molar-refractivity contribution in [2.24, 2.45) is 5.92 Å². The fourth-order valence-corrected chi connectivity index (χ4v) is 1.91. The van der Waals surface area contributed by atoms with Crippen LogP contribution < -0.4 is 0 Å². The molecule has 5 heteroatoms. The van der Waals surface area contributed by atoms with Crippen LogP contribution in [0, 0.1) is 5.92 Å². The second kappa shape index (κ2) is 10.8. The molecule has 1 unspecified atom stereocenters. The zero-order chi connectivity index (χ0) is 16.2. The lowest BCUT2D eigenvalue weighted by molar-refractivity contribution is -0.154. The van der Waals surface area contributed by atoms with Gasteiger partial charge in [-0.05, 0) is 18.4 Å². The Kier molecular flexibility index (Phi) is 8.91. The van der Waals surface area contributed by atoms with Gasteiger partial charge in [0.05, 0.1) is 19.1 Å². The molecule has 1 atom stereocenters. The first kappa shape index (κ1) is 18.2. The quantitative estimate of drug-likeness (QED) is 0.622. The second-order valence-electron chi connectivity index (χ2n) is 5.00. The Morgan fingerprint density at radius 3 is 2.50 bits per heavy atom. The Morgan fingerprint density at radius 1 is 1.14 bits per heavy atom. The zero-order valence-electron chi connectivity index (χ0n) is 13.2. The van der Waals surface area contributed by atoms with E-state index in [2.05, 4.69) is 0 Å². The molecule has 1 aromatic carbocycles. The van der Waals surface area contributed by atoms with E-state index in [4.69, 9.17) is 14.2 Å². The number of carbonyl (C=O) groups is 2. The fourth-order valence-electron chi connectivity index (χ4n) is 1.91. The Morgan fingerprint density at radius 2 is 1.86 bits per heavy atom. The molecular formula is C17H24O5. The number of esters is 2. The first-order valence-electron chi connectivity index (χ1n) is 7.52. The summed E-state index contributed by atoms with van der Waals surface area (Å²) in [7, 11) is 1.53. The molecule has 0 bridgehead atoms.